The largest absolute Gasteiger partial charge is 0.508 e. The predicted octanol–water partition coefficient (Wildman–Crippen LogP) is 2.13. The van der Waals surface area contributed by atoms with Gasteiger partial charge in [0.05, 0.1) is 6.61 Å². The van der Waals surface area contributed by atoms with Gasteiger partial charge in [-0.2, -0.15) is 0 Å². The number of hydrogen-bond donors (Lipinski definition) is 3. The molecule has 100 valence electrons. The van der Waals surface area contributed by atoms with Gasteiger partial charge in [-0.05, 0) is 39.0 Å². The molecule has 1 rings (SSSR count). The first-order valence-electron chi connectivity index (χ1n) is 5.45. The summed E-state index contributed by atoms with van der Waals surface area (Å²) in [6.07, 6.45) is -0.562. The monoisotopic (exact) mass is 254 g/mol. The lowest BCUT2D eigenvalue weighted by molar-refractivity contribution is 0.0636. The summed E-state index contributed by atoms with van der Waals surface area (Å²) in [6.45, 7) is 5.38. The highest BCUT2D eigenvalue weighted by molar-refractivity contribution is 5.85. The minimum absolute atomic E-state index is 0.0511. The van der Waals surface area contributed by atoms with Gasteiger partial charge >= 0.3 is 6.09 Å². The van der Waals surface area contributed by atoms with Crippen molar-refractivity contribution in [1.29, 1.82) is 0 Å². The fourth-order valence-electron chi connectivity index (χ4n) is 1.29. The lowest BCUT2D eigenvalue weighted by Gasteiger charge is -2.19. The zero-order valence-corrected chi connectivity index (χ0v) is 10.7. The van der Waals surface area contributed by atoms with E-state index < -0.39 is 11.7 Å². The van der Waals surface area contributed by atoms with E-state index in [2.05, 4.69) is 10.2 Å². The third kappa shape index (κ3) is 4.60. The summed E-state index contributed by atoms with van der Waals surface area (Å²) >= 11 is 0. The number of phenols is 1. The number of phenolic OH excluding ortho intramolecular Hbond substituents is 1. The maximum atomic E-state index is 11.5. The summed E-state index contributed by atoms with van der Waals surface area (Å²) in [5, 5.41) is 12.1. The average Bonchev–Trinajstić information content (AvgIpc) is 2.20. The van der Waals surface area contributed by atoms with Gasteiger partial charge in [-0.1, -0.05) is 0 Å². The van der Waals surface area contributed by atoms with Gasteiger partial charge in [0.25, 0.3) is 0 Å². The van der Waals surface area contributed by atoms with Crippen molar-refractivity contribution in [1.82, 2.24) is 0 Å². The Morgan fingerprint density at radius 3 is 2.67 bits per heavy atom. The number of amides is 1. The van der Waals surface area contributed by atoms with Crippen molar-refractivity contribution < 1.29 is 19.5 Å². The van der Waals surface area contributed by atoms with E-state index in [4.69, 9.17) is 10.6 Å². The number of ether oxygens (including phenoxy) is 1. The Balaban J connectivity index is 2.73. The molecule has 6 heteroatoms. The summed E-state index contributed by atoms with van der Waals surface area (Å²) in [4.78, 5) is 16.0. The van der Waals surface area contributed by atoms with E-state index in [1.165, 1.54) is 6.07 Å². The first kappa shape index (κ1) is 14.3. The molecular formula is C12H18N2O4. The Morgan fingerprint density at radius 2 is 2.11 bits per heavy atom. The second-order valence-corrected chi connectivity index (χ2v) is 4.78. The van der Waals surface area contributed by atoms with Gasteiger partial charge in [-0.15, -0.1) is 0 Å². The van der Waals surface area contributed by atoms with Crippen LogP contribution in [-0.4, -0.2) is 16.8 Å². The van der Waals surface area contributed by atoms with Crippen molar-refractivity contribution >= 4 is 11.8 Å². The summed E-state index contributed by atoms with van der Waals surface area (Å²) in [7, 11) is 0. The third-order valence-electron chi connectivity index (χ3n) is 1.96. The maximum absolute atomic E-state index is 11.5. The third-order valence-corrected chi connectivity index (χ3v) is 1.96. The van der Waals surface area contributed by atoms with Crippen LogP contribution in [0.2, 0.25) is 0 Å². The second kappa shape index (κ2) is 5.70. The van der Waals surface area contributed by atoms with E-state index in [1.54, 1.807) is 32.9 Å². The molecule has 0 aromatic heterocycles. The molecule has 0 saturated heterocycles. The van der Waals surface area contributed by atoms with Crippen molar-refractivity contribution in [2.24, 2.45) is 5.90 Å². The van der Waals surface area contributed by atoms with Crippen LogP contribution < -0.4 is 11.2 Å². The fraction of sp³-hybridized carbons (Fsp3) is 0.417. The van der Waals surface area contributed by atoms with Crippen molar-refractivity contribution in [2.75, 3.05) is 5.32 Å². The number of rotatable bonds is 3. The summed E-state index contributed by atoms with van der Waals surface area (Å²) in [6, 6.07) is 4.56. The zero-order chi connectivity index (χ0) is 13.8. The van der Waals surface area contributed by atoms with Crippen LogP contribution >= 0.6 is 0 Å². The van der Waals surface area contributed by atoms with Crippen LogP contribution in [0.1, 0.15) is 26.3 Å². The molecule has 0 unspecified atom stereocenters. The second-order valence-electron chi connectivity index (χ2n) is 4.78. The van der Waals surface area contributed by atoms with E-state index in [0.29, 0.717) is 11.3 Å². The molecule has 1 amide bonds. The Morgan fingerprint density at radius 1 is 1.44 bits per heavy atom. The lowest BCUT2D eigenvalue weighted by Crippen LogP contribution is -2.27. The lowest BCUT2D eigenvalue weighted by atomic mass is 10.2. The molecule has 0 atom stereocenters. The number of carbonyl (C=O) groups is 1. The molecule has 0 heterocycles. The van der Waals surface area contributed by atoms with Gasteiger partial charge in [0, 0.05) is 11.3 Å². The van der Waals surface area contributed by atoms with Gasteiger partial charge in [0.2, 0.25) is 0 Å². The maximum Gasteiger partial charge on any atom is 0.412 e. The molecule has 0 fully saturated rings. The topological polar surface area (TPSA) is 93.8 Å². The van der Waals surface area contributed by atoms with Crippen LogP contribution in [-0.2, 0) is 16.2 Å². The molecule has 0 radical (unpaired) electrons. The first-order valence-corrected chi connectivity index (χ1v) is 5.45. The number of anilines is 1. The highest BCUT2D eigenvalue weighted by atomic mass is 16.6. The van der Waals surface area contributed by atoms with Gasteiger partial charge < -0.3 is 9.84 Å². The molecule has 18 heavy (non-hydrogen) atoms. The molecule has 0 saturated carbocycles. The van der Waals surface area contributed by atoms with E-state index in [-0.39, 0.29) is 12.4 Å². The van der Waals surface area contributed by atoms with Crippen LogP contribution in [0.3, 0.4) is 0 Å². The number of hydrogen-bond acceptors (Lipinski definition) is 5. The Hall–Kier alpha value is -1.79. The first-order chi connectivity index (χ1) is 8.31. The van der Waals surface area contributed by atoms with Gasteiger partial charge in [-0.25, -0.2) is 10.7 Å². The van der Waals surface area contributed by atoms with E-state index >= 15 is 0 Å². The quantitative estimate of drug-likeness (QED) is 0.567. The van der Waals surface area contributed by atoms with Crippen LogP contribution in [0.5, 0.6) is 5.75 Å². The van der Waals surface area contributed by atoms with Crippen molar-refractivity contribution in [3.05, 3.63) is 23.8 Å². The summed E-state index contributed by atoms with van der Waals surface area (Å²) < 4.78 is 5.10. The van der Waals surface area contributed by atoms with E-state index in [0.717, 1.165) is 0 Å². The van der Waals surface area contributed by atoms with Crippen molar-refractivity contribution in [3.8, 4) is 5.75 Å². The molecule has 1 aromatic carbocycles. The van der Waals surface area contributed by atoms with Gasteiger partial charge in [0.15, 0.2) is 0 Å². The van der Waals surface area contributed by atoms with E-state index in [1.807, 2.05) is 0 Å². The minimum Gasteiger partial charge on any atom is -0.508 e. The van der Waals surface area contributed by atoms with Crippen LogP contribution in [0.25, 0.3) is 0 Å². The Bertz CT molecular complexity index is 427. The van der Waals surface area contributed by atoms with Crippen LogP contribution in [0, 0.1) is 0 Å². The standard InChI is InChI=1S/C12H18N2O4/c1-12(2,3)18-11(16)14-9-4-5-10(15)8(6-9)7-17-13/h4-6,15H,7,13H2,1-3H3,(H,14,16). The molecule has 4 N–H and O–H groups in total. The predicted molar refractivity (Wildman–Crippen MR) is 66.9 cm³/mol. The number of nitrogens with two attached hydrogens (primary N) is 1. The SMILES string of the molecule is CC(C)(C)OC(=O)Nc1ccc(O)c(CON)c1. The highest BCUT2D eigenvalue weighted by Crippen LogP contribution is 2.22. The number of carbonyl (C=O) groups excluding carboxylic acids is 1. The molecule has 0 spiro atoms. The van der Waals surface area contributed by atoms with E-state index in [9.17, 15) is 9.90 Å². The number of aromatic hydroxyl groups is 1. The molecule has 0 aliphatic rings. The summed E-state index contributed by atoms with van der Waals surface area (Å²) in [5.41, 5.74) is 0.407. The van der Waals surface area contributed by atoms with Gasteiger partial charge in [-0.3, -0.25) is 10.2 Å². The molecule has 0 aliphatic carbocycles. The van der Waals surface area contributed by atoms with Crippen molar-refractivity contribution in [3.63, 3.8) is 0 Å². The number of nitrogens with one attached hydrogen (secondary N) is 1. The Kier molecular flexibility index (Phi) is 4.52. The molecule has 1 aromatic rings. The highest BCUT2D eigenvalue weighted by Gasteiger charge is 2.16. The zero-order valence-electron chi connectivity index (χ0n) is 10.7. The average molecular weight is 254 g/mol. The molecule has 6 nitrogen and oxygen atoms in total. The summed E-state index contributed by atoms with van der Waals surface area (Å²) in [5.74, 6) is 4.99. The smallest absolute Gasteiger partial charge is 0.412 e. The molecule has 0 bridgehead atoms. The van der Waals surface area contributed by atoms with Crippen LogP contribution in [0.15, 0.2) is 18.2 Å². The van der Waals surface area contributed by atoms with Crippen molar-refractivity contribution in [2.45, 2.75) is 33.0 Å². The normalized spacial score (nSPS) is 11.1. The minimum atomic E-state index is -0.565. The Labute approximate surface area is 106 Å². The number of benzene rings is 1. The fourth-order valence-corrected chi connectivity index (χ4v) is 1.29. The molecule has 0 aliphatic heterocycles. The van der Waals surface area contributed by atoms with Gasteiger partial charge in [0.1, 0.15) is 11.4 Å². The molecular weight excluding hydrogens is 236 g/mol. The van der Waals surface area contributed by atoms with Crippen LogP contribution in [0.4, 0.5) is 10.5 Å².